The molecule has 3 heterocycles. The molecule has 0 saturated carbocycles. The second kappa shape index (κ2) is 8.61. The number of fused-ring (bicyclic) bond motifs is 1. The lowest BCUT2D eigenvalue weighted by molar-refractivity contribution is -0.139. The highest BCUT2D eigenvalue weighted by molar-refractivity contribution is 6.30. The largest absolute Gasteiger partial charge is 0.509 e. The first-order chi connectivity index (χ1) is 16.0. The van der Waals surface area contributed by atoms with Gasteiger partial charge in [0.2, 0.25) is 0 Å². The molecule has 0 amide bonds. The van der Waals surface area contributed by atoms with E-state index in [1.54, 1.807) is 4.90 Å². The number of amidine groups is 1. The first kappa shape index (κ1) is 21.1. The first-order valence-electron chi connectivity index (χ1n) is 11.2. The smallest absolute Gasteiger partial charge is 0.309 e. The van der Waals surface area contributed by atoms with E-state index in [1.165, 1.54) is 32.1 Å². The quantitative estimate of drug-likeness (QED) is 0.512. The molecule has 1 aromatic heterocycles. The lowest BCUT2D eigenvalue weighted by Crippen LogP contribution is -2.29. The Bertz CT molecular complexity index is 1240. The summed E-state index contributed by atoms with van der Waals surface area (Å²) in [5.41, 5.74) is 4.88. The number of H-pyrrole nitrogens is 1. The number of nitrogens with zero attached hydrogens (tertiary/aromatic N) is 3. The molecule has 5 rings (SSSR count). The molecule has 1 saturated heterocycles. The molecule has 170 valence electrons. The number of hydrogen-bond donors (Lipinski definition) is 3. The van der Waals surface area contributed by atoms with E-state index in [-0.39, 0.29) is 30.5 Å². The maximum atomic E-state index is 11.5. The van der Waals surface area contributed by atoms with E-state index in [0.717, 1.165) is 35.4 Å². The van der Waals surface area contributed by atoms with Gasteiger partial charge in [-0.2, -0.15) is 0 Å². The van der Waals surface area contributed by atoms with E-state index in [1.807, 2.05) is 30.3 Å². The van der Waals surface area contributed by atoms with Crippen molar-refractivity contribution in [2.75, 3.05) is 36.5 Å². The first-order valence-corrected chi connectivity index (χ1v) is 11.2. The predicted molar refractivity (Wildman–Crippen MR) is 129 cm³/mol. The van der Waals surface area contributed by atoms with Crippen LogP contribution in [0.25, 0.3) is 16.6 Å². The third-order valence-electron chi connectivity index (χ3n) is 6.35. The number of rotatable bonds is 5. The van der Waals surface area contributed by atoms with Crippen molar-refractivity contribution in [1.29, 1.82) is 5.41 Å². The lowest BCUT2D eigenvalue weighted by atomic mass is 10.1. The number of ether oxygens (including phenoxy) is 1. The molecule has 0 unspecified atom stereocenters. The van der Waals surface area contributed by atoms with Crippen LogP contribution in [0.15, 0.2) is 48.2 Å². The molecule has 2 aliphatic heterocycles. The van der Waals surface area contributed by atoms with Crippen molar-refractivity contribution in [3.8, 4) is 0 Å². The third-order valence-corrected chi connectivity index (χ3v) is 6.35. The van der Waals surface area contributed by atoms with Crippen molar-refractivity contribution in [2.45, 2.75) is 25.7 Å². The van der Waals surface area contributed by atoms with Crippen LogP contribution < -0.4 is 9.80 Å². The molecule has 2 aromatic carbocycles. The van der Waals surface area contributed by atoms with Gasteiger partial charge in [0, 0.05) is 24.5 Å². The summed E-state index contributed by atoms with van der Waals surface area (Å²) >= 11 is 0. The van der Waals surface area contributed by atoms with Gasteiger partial charge in [0.15, 0.2) is 0 Å². The average Bonchev–Trinajstić information content (AvgIpc) is 3.39. The number of aliphatic hydroxyl groups excluding tert-OH is 1. The zero-order chi connectivity index (χ0) is 22.9. The van der Waals surface area contributed by atoms with E-state index in [2.05, 4.69) is 27.0 Å². The number of carbonyl (C=O) groups is 1. The van der Waals surface area contributed by atoms with Gasteiger partial charge in [0.25, 0.3) is 0 Å². The highest BCUT2D eigenvalue weighted by atomic mass is 16.5. The lowest BCUT2D eigenvalue weighted by Gasteiger charge is -2.28. The highest BCUT2D eigenvalue weighted by Crippen LogP contribution is 2.32. The van der Waals surface area contributed by atoms with E-state index < -0.39 is 0 Å². The number of benzene rings is 2. The van der Waals surface area contributed by atoms with Gasteiger partial charge in [0.05, 0.1) is 36.7 Å². The molecular formula is C25H27N5O3. The molecule has 0 atom stereocenters. The van der Waals surface area contributed by atoms with Gasteiger partial charge < -0.3 is 24.6 Å². The van der Waals surface area contributed by atoms with Crippen molar-refractivity contribution in [3.63, 3.8) is 0 Å². The van der Waals surface area contributed by atoms with Gasteiger partial charge in [-0.15, -0.1) is 0 Å². The molecule has 3 aromatic rings. The minimum atomic E-state index is -0.299. The maximum absolute atomic E-state index is 11.5. The summed E-state index contributed by atoms with van der Waals surface area (Å²) in [4.78, 5) is 23.6. The fourth-order valence-electron chi connectivity index (χ4n) is 4.55. The molecule has 1 fully saturated rings. The van der Waals surface area contributed by atoms with Crippen LogP contribution in [0, 0.1) is 5.41 Å². The summed E-state index contributed by atoms with van der Waals surface area (Å²) in [6, 6.07) is 13.5. The number of aromatic nitrogens is 2. The van der Waals surface area contributed by atoms with Crippen LogP contribution in [-0.2, 0) is 16.0 Å². The van der Waals surface area contributed by atoms with Crippen molar-refractivity contribution >= 4 is 39.8 Å². The van der Waals surface area contributed by atoms with Crippen LogP contribution in [0.5, 0.6) is 0 Å². The van der Waals surface area contributed by atoms with E-state index in [9.17, 15) is 9.90 Å². The minimum absolute atomic E-state index is 0.106. The van der Waals surface area contributed by atoms with Crippen LogP contribution in [-0.4, -0.2) is 53.6 Å². The zero-order valence-corrected chi connectivity index (χ0v) is 18.6. The number of anilines is 2. The standard InChI is InChI=1S/C25H27N5O3/c1-33-22(32)13-16-5-7-17(8-6-16)30-15-21(31)23(24(30)26)25-27-19-10-9-18(14-20(19)28-25)29-11-3-2-4-12-29/h5-10,14,26,31H,2-4,11-13,15H2,1H3,(H,27,28). The monoisotopic (exact) mass is 445 g/mol. The van der Waals surface area contributed by atoms with Crippen molar-refractivity contribution in [3.05, 3.63) is 59.6 Å². The number of esters is 1. The maximum Gasteiger partial charge on any atom is 0.309 e. The van der Waals surface area contributed by atoms with Crippen LogP contribution in [0.1, 0.15) is 30.7 Å². The second-order valence-electron chi connectivity index (χ2n) is 8.51. The Morgan fingerprint density at radius 1 is 1.12 bits per heavy atom. The molecule has 33 heavy (non-hydrogen) atoms. The SMILES string of the molecule is COC(=O)Cc1ccc(N2CC(O)=C(c3nc4ccc(N5CCCCC5)cc4[nH]3)C2=N)cc1. The number of methoxy groups -OCH3 is 1. The van der Waals surface area contributed by atoms with E-state index in [0.29, 0.717) is 11.4 Å². The molecular weight excluding hydrogens is 418 g/mol. The minimum Gasteiger partial charge on any atom is -0.509 e. The summed E-state index contributed by atoms with van der Waals surface area (Å²) < 4.78 is 4.71. The summed E-state index contributed by atoms with van der Waals surface area (Å²) in [5, 5.41) is 19.4. The van der Waals surface area contributed by atoms with Crippen LogP contribution in [0.4, 0.5) is 11.4 Å². The normalized spacial score (nSPS) is 16.7. The summed E-state index contributed by atoms with van der Waals surface area (Å²) in [6.45, 7) is 2.33. The Hall–Kier alpha value is -3.81. The number of piperidine rings is 1. The van der Waals surface area contributed by atoms with Gasteiger partial charge in [-0.1, -0.05) is 12.1 Å². The summed E-state index contributed by atoms with van der Waals surface area (Å²) in [6.07, 6.45) is 3.90. The Kier molecular flexibility index (Phi) is 5.50. The van der Waals surface area contributed by atoms with Gasteiger partial charge in [-0.05, 0) is 55.2 Å². The van der Waals surface area contributed by atoms with Crippen LogP contribution >= 0.6 is 0 Å². The van der Waals surface area contributed by atoms with E-state index in [4.69, 9.17) is 10.1 Å². The van der Waals surface area contributed by atoms with Crippen molar-refractivity contribution in [2.24, 2.45) is 0 Å². The van der Waals surface area contributed by atoms with Crippen LogP contribution in [0.2, 0.25) is 0 Å². The van der Waals surface area contributed by atoms with Crippen molar-refractivity contribution in [1.82, 2.24) is 9.97 Å². The predicted octanol–water partition coefficient (Wildman–Crippen LogP) is 4.04. The zero-order valence-electron chi connectivity index (χ0n) is 18.6. The molecule has 3 N–H and O–H groups in total. The summed E-state index contributed by atoms with van der Waals surface area (Å²) in [5.74, 6) is 0.483. The number of nitrogens with one attached hydrogen (secondary N) is 2. The Morgan fingerprint density at radius 2 is 1.85 bits per heavy atom. The fraction of sp³-hybridized carbons (Fsp3) is 0.320. The topological polar surface area (TPSA) is 106 Å². The molecule has 0 aliphatic carbocycles. The Labute approximate surface area is 192 Å². The van der Waals surface area contributed by atoms with Gasteiger partial charge in [-0.25, -0.2) is 4.98 Å². The highest BCUT2D eigenvalue weighted by Gasteiger charge is 2.31. The number of carbonyl (C=O) groups excluding carboxylic acids is 1. The molecule has 0 radical (unpaired) electrons. The number of hydrogen-bond acceptors (Lipinski definition) is 6. The van der Waals surface area contributed by atoms with Gasteiger partial charge >= 0.3 is 5.97 Å². The Morgan fingerprint density at radius 3 is 2.58 bits per heavy atom. The molecule has 2 aliphatic rings. The Balaban J connectivity index is 1.37. The third kappa shape index (κ3) is 4.04. The van der Waals surface area contributed by atoms with Gasteiger partial charge in [0.1, 0.15) is 17.4 Å². The van der Waals surface area contributed by atoms with Crippen LogP contribution in [0.3, 0.4) is 0 Å². The molecule has 0 spiro atoms. The fourth-order valence-corrected chi connectivity index (χ4v) is 4.55. The number of aromatic amines is 1. The average molecular weight is 446 g/mol. The number of imidazole rings is 1. The second-order valence-corrected chi connectivity index (χ2v) is 8.51. The molecule has 0 bridgehead atoms. The number of aliphatic hydroxyl groups is 1. The molecule has 8 nitrogen and oxygen atoms in total. The van der Waals surface area contributed by atoms with Gasteiger partial charge in [-0.3, -0.25) is 10.2 Å². The molecule has 8 heteroatoms. The van der Waals surface area contributed by atoms with E-state index >= 15 is 0 Å². The van der Waals surface area contributed by atoms with Crippen molar-refractivity contribution < 1.29 is 14.6 Å². The summed E-state index contributed by atoms with van der Waals surface area (Å²) in [7, 11) is 1.37.